The van der Waals surface area contributed by atoms with Crippen molar-refractivity contribution in [3.63, 3.8) is 0 Å². The monoisotopic (exact) mass is 390 g/mol. The topological polar surface area (TPSA) is 71.8 Å². The average Bonchev–Trinajstić information content (AvgIpc) is 2.75. The molecule has 0 aliphatic rings. The van der Waals surface area contributed by atoms with E-state index in [2.05, 4.69) is 9.98 Å². The van der Waals surface area contributed by atoms with Crippen molar-refractivity contribution < 1.29 is 19.0 Å². The third kappa shape index (κ3) is 4.93. The number of esters is 1. The molecule has 29 heavy (non-hydrogen) atoms. The number of benzene rings is 2. The fraction of sp³-hybridized carbons (Fsp3) is 0.0870. The average molecular weight is 390 g/mol. The van der Waals surface area contributed by atoms with Crippen molar-refractivity contribution >= 4 is 23.6 Å². The van der Waals surface area contributed by atoms with Crippen LogP contribution in [0.25, 0.3) is 16.9 Å². The Balaban J connectivity index is 2.01. The number of carbonyl (C=O) groups is 1. The molecule has 1 N–H and O–H groups in total. The van der Waals surface area contributed by atoms with Crippen molar-refractivity contribution in [2.45, 2.75) is 6.92 Å². The Labute approximate surface area is 167 Å². The van der Waals surface area contributed by atoms with E-state index in [1.165, 1.54) is 18.3 Å². The van der Waals surface area contributed by atoms with Gasteiger partial charge in [0.2, 0.25) is 0 Å². The van der Waals surface area contributed by atoms with E-state index in [1.807, 2.05) is 6.07 Å². The summed E-state index contributed by atoms with van der Waals surface area (Å²) in [5, 5.41) is 10.6. The molecule has 0 unspecified atom stereocenters. The van der Waals surface area contributed by atoms with Gasteiger partial charge < -0.3 is 9.84 Å². The van der Waals surface area contributed by atoms with E-state index in [9.17, 15) is 14.3 Å². The second kappa shape index (κ2) is 9.41. The number of pyridine rings is 1. The quantitative estimate of drug-likeness (QED) is 0.274. The Hall–Kier alpha value is -3.80. The highest BCUT2D eigenvalue weighted by Crippen LogP contribution is 2.26. The molecular formula is C23H19FN2O3. The van der Waals surface area contributed by atoms with Crippen LogP contribution in [-0.4, -0.2) is 28.9 Å². The fourth-order valence-corrected chi connectivity index (χ4v) is 2.65. The summed E-state index contributed by atoms with van der Waals surface area (Å²) in [6.45, 7) is 1.75. The third-order valence-electron chi connectivity index (χ3n) is 4.09. The molecule has 0 aliphatic carbocycles. The molecule has 0 spiro atoms. The number of ether oxygens (including phenoxy) is 1. The molecule has 0 amide bonds. The second-order valence-electron chi connectivity index (χ2n) is 6.01. The maximum absolute atomic E-state index is 14.8. The summed E-state index contributed by atoms with van der Waals surface area (Å²) < 4.78 is 19.7. The van der Waals surface area contributed by atoms with E-state index < -0.39 is 17.5 Å². The molecule has 0 radical (unpaired) electrons. The minimum Gasteiger partial charge on any atom is -0.506 e. The van der Waals surface area contributed by atoms with Gasteiger partial charge in [-0.05, 0) is 54.4 Å². The molecule has 1 heterocycles. The molecule has 3 rings (SSSR count). The predicted molar refractivity (Wildman–Crippen MR) is 110 cm³/mol. The maximum atomic E-state index is 14.8. The maximum Gasteiger partial charge on any atom is 0.343 e. The van der Waals surface area contributed by atoms with Gasteiger partial charge in [-0.25, -0.2) is 9.18 Å². The number of hydrogen-bond acceptors (Lipinski definition) is 5. The van der Waals surface area contributed by atoms with Crippen LogP contribution < -0.4 is 0 Å². The Morgan fingerprint density at radius 1 is 1.10 bits per heavy atom. The Morgan fingerprint density at radius 3 is 2.48 bits per heavy atom. The lowest BCUT2D eigenvalue weighted by Gasteiger charge is -2.09. The molecule has 2 aromatic carbocycles. The van der Waals surface area contributed by atoms with E-state index in [0.717, 1.165) is 5.56 Å². The molecule has 5 nitrogen and oxygen atoms in total. The van der Waals surface area contributed by atoms with Crippen LogP contribution in [-0.2, 0) is 9.53 Å². The van der Waals surface area contributed by atoms with Crippen molar-refractivity contribution in [3.05, 3.63) is 90.0 Å². The lowest BCUT2D eigenvalue weighted by Crippen LogP contribution is -2.11. The third-order valence-corrected chi connectivity index (χ3v) is 4.09. The van der Waals surface area contributed by atoms with Gasteiger partial charge in [0.15, 0.2) is 0 Å². The largest absolute Gasteiger partial charge is 0.506 e. The van der Waals surface area contributed by atoms with Crippen molar-refractivity contribution in [2.24, 2.45) is 4.99 Å². The van der Waals surface area contributed by atoms with Gasteiger partial charge in [0.1, 0.15) is 17.1 Å². The molecule has 0 bridgehead atoms. The number of aliphatic hydroxyl groups is 1. The Kier molecular flexibility index (Phi) is 6.47. The molecule has 0 fully saturated rings. The normalized spacial score (nSPS) is 11.9. The van der Waals surface area contributed by atoms with Crippen molar-refractivity contribution in [3.8, 4) is 11.1 Å². The van der Waals surface area contributed by atoms with Crippen LogP contribution in [0, 0.1) is 5.82 Å². The molecule has 0 saturated heterocycles. The van der Waals surface area contributed by atoms with Crippen molar-refractivity contribution in [1.82, 2.24) is 4.98 Å². The van der Waals surface area contributed by atoms with E-state index in [-0.39, 0.29) is 17.7 Å². The van der Waals surface area contributed by atoms with Crippen LogP contribution in [0.4, 0.5) is 10.1 Å². The molecule has 0 saturated carbocycles. The minimum atomic E-state index is -0.790. The number of para-hydroxylation sites is 1. The first-order valence-electron chi connectivity index (χ1n) is 9.00. The summed E-state index contributed by atoms with van der Waals surface area (Å²) in [7, 11) is 0. The minimum absolute atomic E-state index is 0.109. The number of carbonyl (C=O) groups excluding carboxylic acids is 1. The van der Waals surface area contributed by atoms with Crippen LogP contribution >= 0.6 is 0 Å². The van der Waals surface area contributed by atoms with Gasteiger partial charge in [0, 0.05) is 18.6 Å². The highest BCUT2D eigenvalue weighted by molar-refractivity contribution is 6.15. The molecule has 0 aliphatic heterocycles. The van der Waals surface area contributed by atoms with Crippen LogP contribution in [0.2, 0.25) is 0 Å². The molecule has 3 aromatic rings. The van der Waals surface area contributed by atoms with Gasteiger partial charge in [-0.1, -0.05) is 24.3 Å². The first kappa shape index (κ1) is 19.9. The zero-order chi connectivity index (χ0) is 20.6. The van der Waals surface area contributed by atoms with Gasteiger partial charge in [-0.2, -0.15) is 0 Å². The highest BCUT2D eigenvalue weighted by atomic mass is 19.1. The van der Waals surface area contributed by atoms with Gasteiger partial charge in [-0.3, -0.25) is 9.98 Å². The summed E-state index contributed by atoms with van der Waals surface area (Å²) in [6.07, 6.45) is 4.40. The molecule has 146 valence electrons. The van der Waals surface area contributed by atoms with Gasteiger partial charge in [0.25, 0.3) is 0 Å². The standard InChI is InChI=1S/C23H19FN2O3/c1-2-29-23(28)20(15-26-18-6-4-3-5-7-18)22(27)19-9-8-17(14-21(19)24)16-10-12-25-13-11-16/h3-15,27H,2H2,1H3. The zero-order valence-corrected chi connectivity index (χ0v) is 15.7. The van der Waals surface area contributed by atoms with Gasteiger partial charge >= 0.3 is 5.97 Å². The number of halogens is 1. The van der Waals surface area contributed by atoms with E-state index in [0.29, 0.717) is 11.3 Å². The molecule has 6 heteroatoms. The van der Waals surface area contributed by atoms with E-state index in [4.69, 9.17) is 4.74 Å². The van der Waals surface area contributed by atoms with E-state index >= 15 is 0 Å². The zero-order valence-electron chi connectivity index (χ0n) is 15.7. The highest BCUT2D eigenvalue weighted by Gasteiger charge is 2.19. The van der Waals surface area contributed by atoms with Crippen LogP contribution in [0.1, 0.15) is 12.5 Å². The van der Waals surface area contributed by atoms with Gasteiger partial charge in [0.05, 0.1) is 17.9 Å². The first-order chi connectivity index (χ1) is 14.1. The van der Waals surface area contributed by atoms with Crippen LogP contribution in [0.3, 0.4) is 0 Å². The summed E-state index contributed by atoms with van der Waals surface area (Å²) in [5.74, 6) is -2.00. The fourth-order valence-electron chi connectivity index (χ4n) is 2.65. The number of hydrogen-bond donors (Lipinski definition) is 1. The number of aliphatic hydroxyl groups excluding tert-OH is 1. The Bertz CT molecular complexity index is 1050. The van der Waals surface area contributed by atoms with Crippen LogP contribution in [0.15, 0.2) is 83.6 Å². The number of rotatable bonds is 6. The summed E-state index contributed by atoms with van der Waals surface area (Å²) in [5.41, 5.74) is 1.63. The second-order valence-corrected chi connectivity index (χ2v) is 6.01. The van der Waals surface area contributed by atoms with Gasteiger partial charge in [-0.15, -0.1) is 0 Å². The lowest BCUT2D eigenvalue weighted by molar-refractivity contribution is -0.137. The molecule has 1 aromatic heterocycles. The summed E-state index contributed by atoms with van der Waals surface area (Å²) in [6, 6.07) is 16.7. The van der Waals surface area contributed by atoms with Crippen molar-refractivity contribution in [2.75, 3.05) is 6.61 Å². The number of nitrogens with zero attached hydrogens (tertiary/aromatic N) is 2. The summed E-state index contributed by atoms with van der Waals surface area (Å²) in [4.78, 5) is 20.4. The van der Waals surface area contributed by atoms with Crippen molar-refractivity contribution in [1.29, 1.82) is 0 Å². The summed E-state index contributed by atoms with van der Waals surface area (Å²) >= 11 is 0. The number of aromatic nitrogens is 1. The SMILES string of the molecule is CCOC(=O)C(C=Nc1ccccc1)=C(O)c1ccc(-c2ccncc2)cc1F. The molecular weight excluding hydrogens is 371 g/mol. The first-order valence-corrected chi connectivity index (χ1v) is 9.00. The molecule has 0 atom stereocenters. The number of aliphatic imine (C=N–C) groups is 1. The Morgan fingerprint density at radius 2 is 1.83 bits per heavy atom. The smallest absolute Gasteiger partial charge is 0.343 e. The van der Waals surface area contributed by atoms with E-state index in [1.54, 1.807) is 61.8 Å². The van der Waals surface area contributed by atoms with Crippen LogP contribution in [0.5, 0.6) is 0 Å². The lowest BCUT2D eigenvalue weighted by atomic mass is 10.0. The predicted octanol–water partition coefficient (Wildman–Crippen LogP) is 5.12.